The molecule has 0 saturated heterocycles. The number of carbonyl (C=O) groups is 1. The van der Waals surface area contributed by atoms with E-state index < -0.39 is 17.2 Å². The van der Waals surface area contributed by atoms with Crippen LogP contribution in [0.2, 0.25) is 0 Å². The molecule has 10 heteroatoms. The minimum Gasteiger partial charge on any atom is -0.354 e. The molecule has 2 N–H and O–H groups in total. The van der Waals surface area contributed by atoms with Crippen molar-refractivity contribution < 1.29 is 18.0 Å². The van der Waals surface area contributed by atoms with Crippen molar-refractivity contribution in [2.45, 2.75) is 32.0 Å². The molecular formula is C13H16F3N5OS. The molecule has 2 rings (SSSR count). The summed E-state index contributed by atoms with van der Waals surface area (Å²) in [6.45, 7) is 1.82. The summed E-state index contributed by atoms with van der Waals surface area (Å²) < 4.78 is 39.2. The van der Waals surface area contributed by atoms with Gasteiger partial charge in [-0.1, -0.05) is 11.3 Å². The molecule has 0 saturated carbocycles. The highest BCUT2D eigenvalue weighted by Gasteiger charge is 2.35. The van der Waals surface area contributed by atoms with Crippen LogP contribution < -0.4 is 10.6 Å². The summed E-state index contributed by atoms with van der Waals surface area (Å²) in [5.74, 6) is 0. The summed E-state index contributed by atoms with van der Waals surface area (Å²) in [5.41, 5.74) is 1.14. The predicted molar refractivity (Wildman–Crippen MR) is 80.3 cm³/mol. The highest BCUT2D eigenvalue weighted by Crippen LogP contribution is 2.32. The van der Waals surface area contributed by atoms with Crippen molar-refractivity contribution in [2.75, 3.05) is 5.32 Å². The maximum absolute atomic E-state index is 12.4. The first kappa shape index (κ1) is 17.3. The Morgan fingerprint density at radius 2 is 2.17 bits per heavy atom. The van der Waals surface area contributed by atoms with E-state index >= 15 is 0 Å². The van der Waals surface area contributed by atoms with Gasteiger partial charge < -0.3 is 9.88 Å². The number of carbonyl (C=O) groups excluding carboxylic acids is 1. The smallest absolute Gasteiger partial charge is 0.354 e. The molecular weight excluding hydrogens is 331 g/mol. The first-order valence-corrected chi connectivity index (χ1v) is 7.66. The highest BCUT2D eigenvalue weighted by molar-refractivity contribution is 7.15. The molecule has 0 fully saturated rings. The van der Waals surface area contributed by atoms with Crippen molar-refractivity contribution in [3.8, 4) is 0 Å². The topological polar surface area (TPSA) is 71.8 Å². The average Bonchev–Trinajstić information content (AvgIpc) is 3.05. The number of amides is 2. The number of hydrogen-bond donors (Lipinski definition) is 2. The van der Waals surface area contributed by atoms with Crippen molar-refractivity contribution in [3.05, 3.63) is 29.0 Å². The molecule has 2 heterocycles. The quantitative estimate of drug-likeness (QED) is 0.873. The Bertz CT molecular complexity index is 667. The fourth-order valence-electron chi connectivity index (χ4n) is 1.94. The molecule has 0 aliphatic rings. The number of aromatic nitrogens is 3. The molecule has 1 atom stereocenters. The monoisotopic (exact) mass is 347 g/mol. The van der Waals surface area contributed by atoms with Gasteiger partial charge in [0.2, 0.25) is 10.1 Å². The third kappa shape index (κ3) is 4.95. The van der Waals surface area contributed by atoms with E-state index in [2.05, 4.69) is 20.8 Å². The van der Waals surface area contributed by atoms with Gasteiger partial charge in [0.15, 0.2) is 0 Å². The van der Waals surface area contributed by atoms with Gasteiger partial charge in [0.1, 0.15) is 0 Å². The summed E-state index contributed by atoms with van der Waals surface area (Å²) in [7, 11) is 1.94. The molecule has 0 bridgehead atoms. The van der Waals surface area contributed by atoms with Gasteiger partial charge in [-0.2, -0.15) is 13.2 Å². The van der Waals surface area contributed by atoms with E-state index in [1.165, 1.54) is 0 Å². The van der Waals surface area contributed by atoms with Crippen molar-refractivity contribution in [3.63, 3.8) is 0 Å². The van der Waals surface area contributed by atoms with E-state index in [1.807, 2.05) is 36.9 Å². The van der Waals surface area contributed by atoms with E-state index in [9.17, 15) is 18.0 Å². The molecule has 6 nitrogen and oxygen atoms in total. The first-order valence-electron chi connectivity index (χ1n) is 6.84. The van der Waals surface area contributed by atoms with Crippen molar-refractivity contribution >= 4 is 22.5 Å². The van der Waals surface area contributed by atoms with Crippen LogP contribution in [0.1, 0.15) is 24.0 Å². The minimum atomic E-state index is -4.56. The second-order valence-corrected chi connectivity index (χ2v) is 6.04. The Hall–Kier alpha value is -2.10. The summed E-state index contributed by atoms with van der Waals surface area (Å²) in [4.78, 5) is 11.7. The lowest BCUT2D eigenvalue weighted by Crippen LogP contribution is -2.36. The molecule has 0 aliphatic heterocycles. The molecule has 23 heavy (non-hydrogen) atoms. The van der Waals surface area contributed by atoms with Gasteiger partial charge in [-0.3, -0.25) is 5.32 Å². The van der Waals surface area contributed by atoms with Crippen LogP contribution in [-0.2, 0) is 19.6 Å². The lowest BCUT2D eigenvalue weighted by Gasteiger charge is -2.14. The zero-order valence-corrected chi connectivity index (χ0v) is 13.3. The fraction of sp³-hybridized carbons (Fsp3) is 0.462. The molecule has 2 amide bonds. The van der Waals surface area contributed by atoms with Gasteiger partial charge in [0, 0.05) is 25.0 Å². The third-order valence-electron chi connectivity index (χ3n) is 3.15. The van der Waals surface area contributed by atoms with E-state index in [0.29, 0.717) is 6.42 Å². The van der Waals surface area contributed by atoms with Crippen LogP contribution in [0, 0.1) is 0 Å². The zero-order valence-electron chi connectivity index (χ0n) is 12.5. The third-order valence-corrected chi connectivity index (χ3v) is 4.03. The maximum atomic E-state index is 12.4. The number of urea groups is 1. The molecule has 0 spiro atoms. The fourth-order valence-corrected chi connectivity index (χ4v) is 2.54. The van der Waals surface area contributed by atoms with Crippen LogP contribution in [0.15, 0.2) is 18.3 Å². The second-order valence-electron chi connectivity index (χ2n) is 5.06. The van der Waals surface area contributed by atoms with E-state index in [-0.39, 0.29) is 22.5 Å². The van der Waals surface area contributed by atoms with E-state index in [0.717, 1.165) is 12.1 Å². The van der Waals surface area contributed by atoms with Crippen molar-refractivity contribution in [1.29, 1.82) is 0 Å². The van der Waals surface area contributed by atoms with Gasteiger partial charge in [-0.25, -0.2) is 4.79 Å². The number of halogens is 3. The molecule has 0 radical (unpaired) electrons. The van der Waals surface area contributed by atoms with Crippen LogP contribution in [0.5, 0.6) is 0 Å². The lowest BCUT2D eigenvalue weighted by molar-refractivity contribution is -0.138. The molecule has 2 aromatic rings. The number of anilines is 1. The van der Waals surface area contributed by atoms with E-state index in [4.69, 9.17) is 0 Å². The Morgan fingerprint density at radius 1 is 1.43 bits per heavy atom. The second kappa shape index (κ2) is 6.99. The van der Waals surface area contributed by atoms with Gasteiger partial charge in [0.25, 0.3) is 0 Å². The number of rotatable bonds is 5. The summed E-state index contributed by atoms with van der Waals surface area (Å²) in [6.07, 6.45) is -1.14. The van der Waals surface area contributed by atoms with Gasteiger partial charge in [0.05, 0.1) is 0 Å². The first-order chi connectivity index (χ1) is 10.8. The summed E-state index contributed by atoms with van der Waals surface area (Å²) in [5, 5.41) is 9.93. The number of nitrogens with one attached hydrogen (secondary N) is 2. The van der Waals surface area contributed by atoms with Gasteiger partial charge in [-0.05, 0) is 31.9 Å². The number of alkyl halides is 3. The van der Waals surface area contributed by atoms with Crippen LogP contribution in [0.25, 0.3) is 0 Å². The maximum Gasteiger partial charge on any atom is 0.445 e. The number of aryl methyl sites for hydroxylation is 2. The Balaban J connectivity index is 1.80. The summed E-state index contributed by atoms with van der Waals surface area (Å²) in [6, 6.07) is 3.19. The lowest BCUT2D eigenvalue weighted by atomic mass is 10.1. The molecule has 0 aromatic carbocycles. The largest absolute Gasteiger partial charge is 0.445 e. The Morgan fingerprint density at radius 3 is 2.74 bits per heavy atom. The SMILES string of the molecule is CC(CCc1cccn1C)NC(=O)Nc1nnc(C(F)(F)F)s1. The van der Waals surface area contributed by atoms with Gasteiger partial charge >= 0.3 is 12.2 Å². The van der Waals surface area contributed by atoms with Gasteiger partial charge in [-0.15, -0.1) is 10.2 Å². The standard InChI is InChI=1S/C13H16F3N5OS/c1-8(5-6-9-4-3-7-21(9)2)17-11(22)18-12-20-19-10(23-12)13(14,15)16/h3-4,7-8H,5-6H2,1-2H3,(H2,17,18,20,22). The van der Waals surface area contributed by atoms with Crippen LogP contribution >= 0.6 is 11.3 Å². The molecule has 126 valence electrons. The van der Waals surface area contributed by atoms with Crippen LogP contribution in [-0.4, -0.2) is 26.8 Å². The number of hydrogen-bond acceptors (Lipinski definition) is 4. The minimum absolute atomic E-state index is 0.139. The van der Waals surface area contributed by atoms with E-state index in [1.54, 1.807) is 0 Å². The van der Waals surface area contributed by atoms with Crippen LogP contribution in [0.4, 0.5) is 23.1 Å². The highest BCUT2D eigenvalue weighted by atomic mass is 32.1. The Kier molecular flexibility index (Phi) is 5.24. The predicted octanol–water partition coefficient (Wildman–Crippen LogP) is 3.04. The molecule has 2 aromatic heterocycles. The average molecular weight is 347 g/mol. The summed E-state index contributed by atoms with van der Waals surface area (Å²) >= 11 is 0.286. The van der Waals surface area contributed by atoms with Crippen molar-refractivity contribution in [2.24, 2.45) is 7.05 Å². The normalized spacial score (nSPS) is 12.9. The molecule has 1 unspecified atom stereocenters. The van der Waals surface area contributed by atoms with Crippen molar-refractivity contribution in [1.82, 2.24) is 20.1 Å². The van der Waals surface area contributed by atoms with Crippen LogP contribution in [0.3, 0.4) is 0 Å². The zero-order chi connectivity index (χ0) is 17.0. The number of nitrogens with zero attached hydrogens (tertiary/aromatic N) is 3. The Labute approximate surface area is 134 Å². The molecule has 0 aliphatic carbocycles.